The number of nitrogens with zero attached hydrogens (tertiary/aromatic N) is 3. The van der Waals surface area contributed by atoms with E-state index in [1.807, 2.05) is 19.0 Å². The van der Waals surface area contributed by atoms with E-state index < -0.39 is 11.6 Å². The third-order valence-electron chi connectivity index (χ3n) is 5.81. The summed E-state index contributed by atoms with van der Waals surface area (Å²) in [6.45, 7) is 4.93. The Labute approximate surface area is 154 Å². The maximum Gasteiger partial charge on any atom is 0.222 e. The van der Waals surface area contributed by atoms with Crippen LogP contribution in [0.1, 0.15) is 31.2 Å². The molecule has 1 spiro atoms. The zero-order valence-electron chi connectivity index (χ0n) is 15.8. The quantitative estimate of drug-likeness (QED) is 0.803. The van der Waals surface area contributed by atoms with Gasteiger partial charge >= 0.3 is 0 Å². The SMILES string of the molecule is CN(C)CCN1CC2(CCC1=O)CCN(Cc1cc(F)cc(F)c1)CC2. The van der Waals surface area contributed by atoms with Crippen molar-refractivity contribution in [2.75, 3.05) is 46.8 Å². The van der Waals surface area contributed by atoms with Crippen LogP contribution in [0.3, 0.4) is 0 Å². The first-order valence-electron chi connectivity index (χ1n) is 9.45. The predicted octanol–water partition coefficient (Wildman–Crippen LogP) is 2.73. The zero-order valence-corrected chi connectivity index (χ0v) is 15.8. The Morgan fingerprint density at radius 3 is 2.35 bits per heavy atom. The number of piperidine rings is 2. The fourth-order valence-electron chi connectivity index (χ4n) is 4.18. The number of likely N-dealkylation sites (N-methyl/N-ethyl adjacent to an activating group) is 1. The first-order chi connectivity index (χ1) is 12.3. The lowest BCUT2D eigenvalue weighted by Gasteiger charge is -2.47. The smallest absolute Gasteiger partial charge is 0.222 e. The van der Waals surface area contributed by atoms with E-state index in [4.69, 9.17) is 0 Å². The maximum absolute atomic E-state index is 13.4. The van der Waals surface area contributed by atoms with Gasteiger partial charge in [-0.2, -0.15) is 0 Å². The van der Waals surface area contributed by atoms with Crippen LogP contribution < -0.4 is 0 Å². The van der Waals surface area contributed by atoms with Crippen molar-refractivity contribution in [1.29, 1.82) is 0 Å². The monoisotopic (exact) mass is 365 g/mol. The molecule has 0 N–H and O–H groups in total. The number of hydrogen-bond donors (Lipinski definition) is 0. The lowest BCUT2D eigenvalue weighted by Crippen LogP contribution is -2.52. The van der Waals surface area contributed by atoms with E-state index in [1.165, 1.54) is 12.1 Å². The first kappa shape index (κ1) is 19.2. The number of benzene rings is 1. The Morgan fingerprint density at radius 2 is 1.73 bits per heavy atom. The van der Waals surface area contributed by atoms with Crippen molar-refractivity contribution in [3.63, 3.8) is 0 Å². The minimum Gasteiger partial charge on any atom is -0.341 e. The average molecular weight is 365 g/mol. The van der Waals surface area contributed by atoms with Crippen molar-refractivity contribution in [3.8, 4) is 0 Å². The van der Waals surface area contributed by atoms with Crippen LogP contribution in [0.25, 0.3) is 0 Å². The summed E-state index contributed by atoms with van der Waals surface area (Å²) in [7, 11) is 4.05. The molecular weight excluding hydrogens is 336 g/mol. The minimum absolute atomic E-state index is 0.212. The molecule has 4 nitrogen and oxygen atoms in total. The lowest BCUT2D eigenvalue weighted by atomic mass is 9.72. The number of carbonyl (C=O) groups excluding carboxylic acids is 1. The molecule has 3 rings (SSSR count). The molecule has 1 aromatic rings. The molecule has 0 aromatic heterocycles. The molecule has 2 saturated heterocycles. The van der Waals surface area contributed by atoms with Crippen LogP contribution >= 0.6 is 0 Å². The standard InChI is InChI=1S/C20H29F2N3O/c1-23(2)9-10-25-15-20(4-3-19(25)26)5-7-24(8-6-20)14-16-11-17(21)13-18(22)12-16/h11-13H,3-10,14-15H2,1-2H3. The molecule has 0 unspecified atom stereocenters. The van der Waals surface area contributed by atoms with Crippen LogP contribution in [0.4, 0.5) is 8.78 Å². The van der Waals surface area contributed by atoms with Gasteiger partial charge in [0.2, 0.25) is 5.91 Å². The molecule has 1 aromatic carbocycles. The van der Waals surface area contributed by atoms with E-state index >= 15 is 0 Å². The summed E-state index contributed by atoms with van der Waals surface area (Å²) in [6, 6.07) is 3.74. The summed E-state index contributed by atoms with van der Waals surface area (Å²) in [6.07, 6.45) is 3.68. The molecule has 2 heterocycles. The molecular formula is C20H29F2N3O. The van der Waals surface area contributed by atoms with Crippen molar-refractivity contribution >= 4 is 5.91 Å². The van der Waals surface area contributed by atoms with Crippen LogP contribution in [0.15, 0.2) is 18.2 Å². The van der Waals surface area contributed by atoms with Gasteiger partial charge in [0.25, 0.3) is 0 Å². The molecule has 1 amide bonds. The number of hydrogen-bond acceptors (Lipinski definition) is 3. The van der Waals surface area contributed by atoms with Crippen LogP contribution in [0.2, 0.25) is 0 Å². The fourth-order valence-corrected chi connectivity index (χ4v) is 4.18. The van der Waals surface area contributed by atoms with Crippen molar-refractivity contribution in [3.05, 3.63) is 35.4 Å². The van der Waals surface area contributed by atoms with Crippen LogP contribution in [0, 0.1) is 17.0 Å². The number of likely N-dealkylation sites (tertiary alicyclic amines) is 2. The maximum atomic E-state index is 13.4. The van der Waals surface area contributed by atoms with E-state index in [0.29, 0.717) is 18.5 Å². The number of rotatable bonds is 5. The van der Waals surface area contributed by atoms with Gasteiger partial charge < -0.3 is 9.80 Å². The molecule has 0 bridgehead atoms. The van der Waals surface area contributed by atoms with Crippen LogP contribution in [-0.4, -0.2) is 67.4 Å². The first-order valence-corrected chi connectivity index (χ1v) is 9.45. The second kappa shape index (κ2) is 8.01. The highest BCUT2D eigenvalue weighted by atomic mass is 19.1. The van der Waals surface area contributed by atoms with E-state index in [1.54, 1.807) is 0 Å². The van der Waals surface area contributed by atoms with Crippen molar-refractivity contribution < 1.29 is 13.6 Å². The highest BCUT2D eigenvalue weighted by Gasteiger charge is 2.40. The van der Waals surface area contributed by atoms with Gasteiger partial charge in [0, 0.05) is 38.7 Å². The van der Waals surface area contributed by atoms with Gasteiger partial charge in [-0.15, -0.1) is 0 Å². The van der Waals surface area contributed by atoms with Crippen LogP contribution in [0.5, 0.6) is 0 Å². The second-order valence-corrected chi connectivity index (χ2v) is 8.17. The Bertz CT molecular complexity index is 622. The highest BCUT2D eigenvalue weighted by molar-refractivity contribution is 5.77. The Hall–Kier alpha value is -1.53. The van der Waals surface area contributed by atoms with Crippen LogP contribution in [-0.2, 0) is 11.3 Å². The molecule has 0 radical (unpaired) electrons. The average Bonchev–Trinajstić information content (AvgIpc) is 2.57. The van der Waals surface area contributed by atoms with Gasteiger partial charge in [-0.25, -0.2) is 8.78 Å². The molecule has 2 aliphatic heterocycles. The zero-order chi connectivity index (χ0) is 18.7. The molecule has 144 valence electrons. The molecule has 0 aliphatic carbocycles. The van der Waals surface area contributed by atoms with Gasteiger partial charge in [0.15, 0.2) is 0 Å². The number of halogens is 2. The minimum atomic E-state index is -0.518. The Balaban J connectivity index is 1.55. The molecule has 0 atom stereocenters. The topological polar surface area (TPSA) is 26.8 Å². The molecule has 2 fully saturated rings. The van der Waals surface area contributed by atoms with Crippen molar-refractivity contribution in [2.24, 2.45) is 5.41 Å². The van der Waals surface area contributed by atoms with Gasteiger partial charge in [-0.3, -0.25) is 9.69 Å². The number of amides is 1. The molecule has 2 aliphatic rings. The van der Waals surface area contributed by atoms with Gasteiger partial charge in [0.05, 0.1) is 0 Å². The molecule has 26 heavy (non-hydrogen) atoms. The summed E-state index contributed by atoms with van der Waals surface area (Å²) < 4.78 is 26.8. The van der Waals surface area contributed by atoms with Gasteiger partial charge in [0.1, 0.15) is 11.6 Å². The highest BCUT2D eigenvalue weighted by Crippen LogP contribution is 2.40. The van der Waals surface area contributed by atoms with Gasteiger partial charge in [-0.05, 0) is 69.6 Å². The van der Waals surface area contributed by atoms with E-state index in [-0.39, 0.29) is 11.3 Å². The third-order valence-corrected chi connectivity index (χ3v) is 5.81. The van der Waals surface area contributed by atoms with Gasteiger partial charge in [-0.1, -0.05) is 0 Å². The second-order valence-electron chi connectivity index (χ2n) is 8.17. The molecule has 6 heteroatoms. The third kappa shape index (κ3) is 4.80. The Morgan fingerprint density at radius 1 is 1.08 bits per heavy atom. The van der Waals surface area contributed by atoms with Crippen molar-refractivity contribution in [1.82, 2.24) is 14.7 Å². The summed E-state index contributed by atoms with van der Waals surface area (Å²) in [5, 5.41) is 0. The largest absolute Gasteiger partial charge is 0.341 e. The normalized spacial score (nSPS) is 21.0. The summed E-state index contributed by atoms with van der Waals surface area (Å²) in [5.74, 6) is -0.762. The van der Waals surface area contributed by atoms with E-state index in [0.717, 1.165) is 58.1 Å². The fraction of sp³-hybridized carbons (Fsp3) is 0.650. The summed E-state index contributed by atoms with van der Waals surface area (Å²) in [5.41, 5.74) is 0.897. The summed E-state index contributed by atoms with van der Waals surface area (Å²) >= 11 is 0. The Kier molecular flexibility index (Phi) is 5.92. The molecule has 0 saturated carbocycles. The summed E-state index contributed by atoms with van der Waals surface area (Å²) in [4.78, 5) is 18.6. The number of carbonyl (C=O) groups is 1. The lowest BCUT2D eigenvalue weighted by molar-refractivity contribution is -0.139. The predicted molar refractivity (Wildman–Crippen MR) is 97.7 cm³/mol. The van der Waals surface area contributed by atoms with E-state index in [2.05, 4.69) is 9.80 Å². The van der Waals surface area contributed by atoms with Crippen molar-refractivity contribution in [2.45, 2.75) is 32.2 Å². The van der Waals surface area contributed by atoms with E-state index in [9.17, 15) is 13.6 Å².